The smallest absolute Gasteiger partial charge is 0.261 e. The quantitative estimate of drug-likeness (QED) is 0.716. The van der Waals surface area contributed by atoms with Gasteiger partial charge in [-0.25, -0.2) is 4.68 Å². The van der Waals surface area contributed by atoms with Crippen LogP contribution < -0.4 is 11.1 Å². The van der Waals surface area contributed by atoms with Crippen LogP contribution in [0, 0.1) is 0 Å². The number of hydrogen-bond acceptors (Lipinski definition) is 5. The summed E-state index contributed by atoms with van der Waals surface area (Å²) in [5.41, 5.74) is 7.86. The molecule has 1 atom stereocenters. The van der Waals surface area contributed by atoms with Gasteiger partial charge in [0.15, 0.2) is 0 Å². The molecule has 7 heteroatoms. The van der Waals surface area contributed by atoms with Gasteiger partial charge in [-0.05, 0) is 24.1 Å². The van der Waals surface area contributed by atoms with Crippen molar-refractivity contribution < 1.29 is 4.79 Å². The molecule has 0 fully saturated rings. The van der Waals surface area contributed by atoms with Crippen molar-refractivity contribution in [2.45, 2.75) is 12.5 Å². The zero-order valence-electron chi connectivity index (χ0n) is 13.3. The molecule has 3 aromatic rings. The van der Waals surface area contributed by atoms with E-state index in [-0.39, 0.29) is 11.9 Å². The van der Waals surface area contributed by atoms with E-state index in [1.807, 2.05) is 49.5 Å². The van der Waals surface area contributed by atoms with Gasteiger partial charge in [-0.3, -0.25) is 4.79 Å². The van der Waals surface area contributed by atoms with Crippen molar-refractivity contribution in [3.63, 3.8) is 0 Å². The minimum absolute atomic E-state index is 0.0937. The fourth-order valence-electron chi connectivity index (χ4n) is 2.46. The van der Waals surface area contributed by atoms with Crippen LogP contribution in [-0.2, 0) is 13.5 Å². The summed E-state index contributed by atoms with van der Waals surface area (Å²) in [6.07, 6.45) is 2.40. The first-order valence-electron chi connectivity index (χ1n) is 7.67. The summed E-state index contributed by atoms with van der Waals surface area (Å²) in [7, 11) is 1.83. The molecule has 0 saturated carbocycles. The van der Waals surface area contributed by atoms with Crippen molar-refractivity contribution in [1.29, 1.82) is 0 Å². The number of aromatic nitrogens is 3. The number of rotatable bonds is 6. The minimum atomic E-state index is -0.104. The second kappa shape index (κ2) is 7.37. The van der Waals surface area contributed by atoms with Gasteiger partial charge < -0.3 is 11.1 Å². The number of nitrogens with zero attached hydrogens (tertiary/aromatic N) is 3. The molecule has 2 aromatic heterocycles. The summed E-state index contributed by atoms with van der Waals surface area (Å²) >= 11 is 1.42. The van der Waals surface area contributed by atoms with Crippen LogP contribution in [0.5, 0.6) is 0 Å². The molecule has 124 valence electrons. The summed E-state index contributed by atoms with van der Waals surface area (Å²) in [5.74, 6) is -0.104. The van der Waals surface area contributed by atoms with E-state index in [9.17, 15) is 4.79 Å². The second-order valence-corrected chi connectivity index (χ2v) is 6.59. The van der Waals surface area contributed by atoms with Crippen LogP contribution in [-0.4, -0.2) is 33.5 Å². The summed E-state index contributed by atoms with van der Waals surface area (Å²) in [6.45, 7) is 0.393. The van der Waals surface area contributed by atoms with E-state index in [1.165, 1.54) is 11.3 Å². The largest absolute Gasteiger partial charge is 0.347 e. The van der Waals surface area contributed by atoms with Crippen molar-refractivity contribution in [2.24, 2.45) is 12.8 Å². The molecule has 0 bridgehead atoms. The van der Waals surface area contributed by atoms with E-state index in [0.29, 0.717) is 17.8 Å². The molecule has 0 spiro atoms. The summed E-state index contributed by atoms with van der Waals surface area (Å²) in [4.78, 5) is 14.1. The highest BCUT2D eigenvalue weighted by Crippen LogP contribution is 2.26. The van der Waals surface area contributed by atoms with Crippen LogP contribution in [0.1, 0.15) is 15.2 Å². The average molecular weight is 341 g/mol. The molecular formula is C17H19N5OS. The van der Waals surface area contributed by atoms with Gasteiger partial charge in [0.05, 0.1) is 21.6 Å². The molecule has 0 saturated heterocycles. The summed E-state index contributed by atoms with van der Waals surface area (Å²) in [6, 6.07) is 13.6. The van der Waals surface area contributed by atoms with Crippen LogP contribution in [0.15, 0.2) is 48.7 Å². The molecule has 0 aliphatic carbocycles. The van der Waals surface area contributed by atoms with Gasteiger partial charge in [-0.2, -0.15) is 0 Å². The molecule has 6 nitrogen and oxygen atoms in total. The van der Waals surface area contributed by atoms with Gasteiger partial charge >= 0.3 is 0 Å². The zero-order chi connectivity index (χ0) is 16.9. The molecule has 0 aliphatic rings. The number of amides is 1. The standard InChI is InChI=1S/C17H19N5OS/c1-22-14(11-19-21-22)15-7-8-16(24-15)17(23)20-13(10-18)9-12-5-3-2-4-6-12/h2-8,11,13H,9-10,18H2,1H3,(H,20,23). The lowest BCUT2D eigenvalue weighted by Crippen LogP contribution is -2.41. The van der Waals surface area contributed by atoms with Gasteiger partial charge in [0.2, 0.25) is 0 Å². The Balaban J connectivity index is 1.68. The third-order valence-electron chi connectivity index (χ3n) is 3.74. The Morgan fingerprint density at radius 3 is 2.75 bits per heavy atom. The number of benzene rings is 1. The highest BCUT2D eigenvalue weighted by atomic mass is 32.1. The number of carbonyl (C=O) groups is 1. The first-order chi connectivity index (χ1) is 11.7. The van der Waals surface area contributed by atoms with E-state index >= 15 is 0 Å². The zero-order valence-corrected chi connectivity index (χ0v) is 14.2. The molecule has 1 amide bonds. The monoisotopic (exact) mass is 341 g/mol. The third kappa shape index (κ3) is 3.69. The van der Waals surface area contributed by atoms with E-state index in [0.717, 1.165) is 16.1 Å². The van der Waals surface area contributed by atoms with Crippen LogP contribution in [0.2, 0.25) is 0 Å². The van der Waals surface area contributed by atoms with Gasteiger partial charge in [0.25, 0.3) is 5.91 Å². The molecular weight excluding hydrogens is 322 g/mol. The lowest BCUT2D eigenvalue weighted by Gasteiger charge is -2.16. The summed E-state index contributed by atoms with van der Waals surface area (Å²) < 4.78 is 1.69. The number of aryl methyl sites for hydroxylation is 1. The Bertz CT molecular complexity index is 811. The Hall–Kier alpha value is -2.51. The van der Waals surface area contributed by atoms with E-state index in [4.69, 9.17) is 5.73 Å². The van der Waals surface area contributed by atoms with Crippen molar-refractivity contribution in [2.75, 3.05) is 6.54 Å². The second-order valence-electron chi connectivity index (χ2n) is 5.50. The third-order valence-corrected chi connectivity index (χ3v) is 4.85. The van der Waals surface area contributed by atoms with E-state index < -0.39 is 0 Å². The number of hydrogen-bond donors (Lipinski definition) is 2. The summed E-state index contributed by atoms with van der Waals surface area (Å²) in [5, 5.41) is 10.8. The maximum atomic E-state index is 12.5. The fraction of sp³-hybridized carbons (Fsp3) is 0.235. The Kier molecular flexibility index (Phi) is 5.02. The molecule has 0 radical (unpaired) electrons. The van der Waals surface area contributed by atoms with Crippen LogP contribution in [0.4, 0.5) is 0 Å². The molecule has 3 N–H and O–H groups in total. The highest BCUT2D eigenvalue weighted by Gasteiger charge is 2.16. The van der Waals surface area contributed by atoms with Gasteiger partial charge in [-0.15, -0.1) is 16.4 Å². The maximum absolute atomic E-state index is 12.5. The minimum Gasteiger partial charge on any atom is -0.347 e. The van der Waals surface area contributed by atoms with Gasteiger partial charge in [0, 0.05) is 19.6 Å². The normalized spacial score (nSPS) is 12.1. The topological polar surface area (TPSA) is 85.8 Å². The first kappa shape index (κ1) is 16.4. The Labute approximate surface area is 144 Å². The molecule has 1 unspecified atom stereocenters. The van der Waals surface area contributed by atoms with Crippen molar-refractivity contribution in [3.8, 4) is 10.6 Å². The SMILES string of the molecule is Cn1nncc1-c1ccc(C(=O)NC(CN)Cc2ccccc2)s1. The molecule has 2 heterocycles. The predicted molar refractivity (Wildman–Crippen MR) is 94.8 cm³/mol. The average Bonchev–Trinajstić information content (AvgIpc) is 3.23. The lowest BCUT2D eigenvalue weighted by atomic mass is 10.1. The fourth-order valence-corrected chi connectivity index (χ4v) is 3.41. The van der Waals surface area contributed by atoms with Crippen LogP contribution in [0.25, 0.3) is 10.6 Å². The van der Waals surface area contributed by atoms with E-state index in [1.54, 1.807) is 10.9 Å². The van der Waals surface area contributed by atoms with Crippen LogP contribution >= 0.6 is 11.3 Å². The Morgan fingerprint density at radius 2 is 2.08 bits per heavy atom. The van der Waals surface area contributed by atoms with E-state index in [2.05, 4.69) is 15.6 Å². The van der Waals surface area contributed by atoms with Crippen molar-refractivity contribution in [1.82, 2.24) is 20.3 Å². The lowest BCUT2D eigenvalue weighted by molar-refractivity contribution is 0.0942. The molecule has 1 aromatic carbocycles. The van der Waals surface area contributed by atoms with Gasteiger partial charge in [-0.1, -0.05) is 35.5 Å². The molecule has 0 aliphatic heterocycles. The van der Waals surface area contributed by atoms with Crippen molar-refractivity contribution >= 4 is 17.2 Å². The number of carbonyl (C=O) groups excluding carboxylic acids is 1. The van der Waals surface area contributed by atoms with Gasteiger partial charge in [0.1, 0.15) is 0 Å². The number of thiophene rings is 1. The number of nitrogens with one attached hydrogen (secondary N) is 1. The van der Waals surface area contributed by atoms with Crippen molar-refractivity contribution in [3.05, 3.63) is 59.1 Å². The van der Waals surface area contributed by atoms with Crippen LogP contribution in [0.3, 0.4) is 0 Å². The highest BCUT2D eigenvalue weighted by molar-refractivity contribution is 7.17. The predicted octanol–water partition coefficient (Wildman–Crippen LogP) is 1.84. The molecule has 24 heavy (non-hydrogen) atoms. The first-order valence-corrected chi connectivity index (χ1v) is 8.48. The molecule has 3 rings (SSSR count). The number of nitrogens with two attached hydrogens (primary N) is 1. The maximum Gasteiger partial charge on any atom is 0.261 e. The Morgan fingerprint density at radius 1 is 1.29 bits per heavy atom.